The fraction of sp³-hybridized carbons (Fsp3) is 0.321. The van der Waals surface area contributed by atoms with Gasteiger partial charge in [0, 0.05) is 36.8 Å². The topological polar surface area (TPSA) is 6.25 Å². The first-order valence-corrected chi connectivity index (χ1v) is 15.4. The van der Waals surface area contributed by atoms with Crippen molar-refractivity contribution in [3.63, 3.8) is 0 Å². The van der Waals surface area contributed by atoms with Gasteiger partial charge >= 0.3 is 0 Å². The molecule has 4 aliphatic rings. The number of hydrogen-bond acceptors (Lipinski definition) is 1. The van der Waals surface area contributed by atoms with Gasteiger partial charge in [-0.2, -0.15) is 0 Å². The van der Waals surface area contributed by atoms with Crippen LogP contribution in [0.2, 0.25) is 13.1 Å². The minimum atomic E-state index is -1.85. The summed E-state index contributed by atoms with van der Waals surface area (Å²) in [4.78, 5) is 2.52. The molecule has 162 valence electrons. The molecule has 32 heavy (non-hydrogen) atoms. The Kier molecular flexibility index (Phi) is 4.81. The van der Waals surface area contributed by atoms with E-state index in [1.165, 1.54) is 78.3 Å². The molecule has 3 heterocycles. The van der Waals surface area contributed by atoms with E-state index in [0.29, 0.717) is 5.88 Å². The molecule has 0 bridgehead atoms. The van der Waals surface area contributed by atoms with Gasteiger partial charge in [0.15, 0.2) is 5.71 Å². The molecule has 2 aromatic carbocycles. The summed E-state index contributed by atoms with van der Waals surface area (Å²) in [6.45, 7) is 9.83. The third-order valence-electron chi connectivity index (χ3n) is 7.73. The highest BCUT2D eigenvalue weighted by Gasteiger charge is 2.41. The molecule has 1 aliphatic carbocycles. The number of alkyl halides is 1. The molecule has 3 aliphatic heterocycles. The number of halogens is 1. The monoisotopic (exact) mass is 457 g/mol. The summed E-state index contributed by atoms with van der Waals surface area (Å²) in [5, 5.41) is 3.15. The Hall–Kier alpha value is -2.36. The molecule has 0 unspecified atom stereocenters. The maximum Gasteiger partial charge on any atom is 0.199 e. The molecule has 0 spiro atoms. The second-order valence-electron chi connectivity index (χ2n) is 9.97. The van der Waals surface area contributed by atoms with Gasteiger partial charge in [-0.15, -0.1) is 11.6 Å². The predicted molar refractivity (Wildman–Crippen MR) is 139 cm³/mol. The quantitative estimate of drug-likeness (QED) is 0.346. The molecule has 2 fully saturated rings. The molecule has 2 aromatic rings. The zero-order chi connectivity index (χ0) is 21.9. The highest BCUT2D eigenvalue weighted by atomic mass is 35.5. The third-order valence-corrected chi connectivity index (χ3v) is 11.6. The molecule has 6 rings (SSSR count). The van der Waals surface area contributed by atoms with Gasteiger partial charge in [-0.05, 0) is 62.8 Å². The van der Waals surface area contributed by atoms with E-state index in [2.05, 4.69) is 83.3 Å². The Balaban J connectivity index is 1.59. The van der Waals surface area contributed by atoms with Gasteiger partial charge in [0.25, 0.3) is 0 Å². The van der Waals surface area contributed by atoms with Crippen LogP contribution in [0.5, 0.6) is 0 Å². The number of benzene rings is 2. The van der Waals surface area contributed by atoms with Gasteiger partial charge in [0.1, 0.15) is 21.2 Å². The predicted octanol–water partition coefficient (Wildman–Crippen LogP) is 5.26. The van der Waals surface area contributed by atoms with Crippen LogP contribution in [0.1, 0.15) is 29.5 Å². The van der Waals surface area contributed by atoms with Crippen LogP contribution in [0.3, 0.4) is 0 Å². The van der Waals surface area contributed by atoms with E-state index in [9.17, 15) is 0 Å². The molecule has 0 amide bonds. The zero-order valence-corrected chi connectivity index (χ0v) is 20.8. The molecule has 0 N–H and O–H groups in total. The Morgan fingerprint density at radius 3 is 2.38 bits per heavy atom. The summed E-state index contributed by atoms with van der Waals surface area (Å²) in [7, 11) is -1.85. The molecule has 0 aromatic heterocycles. The van der Waals surface area contributed by atoms with Gasteiger partial charge in [-0.25, -0.2) is 4.58 Å². The third kappa shape index (κ3) is 3.09. The van der Waals surface area contributed by atoms with Crippen molar-refractivity contribution in [1.29, 1.82) is 0 Å². The van der Waals surface area contributed by atoms with Crippen molar-refractivity contribution in [2.75, 3.05) is 31.1 Å². The van der Waals surface area contributed by atoms with Crippen LogP contribution >= 0.6 is 11.6 Å². The van der Waals surface area contributed by atoms with Gasteiger partial charge in [0.2, 0.25) is 0 Å². The fourth-order valence-corrected chi connectivity index (χ4v) is 8.69. The number of nitrogens with zero attached hydrogens (tertiary/aromatic N) is 2. The number of fused-ring (bicyclic) bond motifs is 2. The maximum absolute atomic E-state index is 6.09. The standard InChI is InChI=1S/C28H30ClN2Si/c1-32(2)26-17-22(30-13-3-14-30)9-11-24(26)28(21-7-5-20(19-29)6-8-21)25-12-10-23(18-27(25)32)31-15-4-16-31/h5-12,17-18H,3-4,13-16,19H2,1-2H3/q+1. The minimum Gasteiger partial charge on any atom is -0.371 e. The average Bonchev–Trinajstić information content (AvgIpc) is 2.73. The first-order valence-electron chi connectivity index (χ1n) is 11.9. The van der Waals surface area contributed by atoms with E-state index in [1.54, 1.807) is 10.4 Å². The van der Waals surface area contributed by atoms with Crippen molar-refractivity contribution < 1.29 is 4.58 Å². The van der Waals surface area contributed by atoms with E-state index in [4.69, 9.17) is 11.6 Å². The zero-order valence-electron chi connectivity index (χ0n) is 19.0. The van der Waals surface area contributed by atoms with Gasteiger partial charge in [-0.3, -0.25) is 0 Å². The second kappa shape index (κ2) is 7.60. The van der Waals surface area contributed by atoms with Crippen LogP contribution in [0, 0.1) is 0 Å². The lowest BCUT2D eigenvalue weighted by Gasteiger charge is -2.40. The Morgan fingerprint density at radius 1 is 0.969 bits per heavy atom. The molecule has 4 heteroatoms. The molecule has 0 atom stereocenters. The van der Waals surface area contributed by atoms with Crippen LogP contribution in [0.25, 0.3) is 5.57 Å². The van der Waals surface area contributed by atoms with Gasteiger partial charge < -0.3 is 4.90 Å². The Labute approximate surface area is 197 Å². The largest absolute Gasteiger partial charge is 0.371 e. The number of rotatable bonds is 3. The van der Waals surface area contributed by atoms with Crippen LogP contribution < -0.4 is 10.1 Å². The molecule has 2 saturated heterocycles. The van der Waals surface area contributed by atoms with Crippen molar-refractivity contribution in [3.8, 4) is 0 Å². The summed E-state index contributed by atoms with van der Waals surface area (Å²) >= 11 is 6.09. The molecular formula is C28H30ClN2Si+. The van der Waals surface area contributed by atoms with Crippen molar-refractivity contribution in [1.82, 2.24) is 0 Å². The lowest BCUT2D eigenvalue weighted by atomic mass is 9.89. The second-order valence-corrected chi connectivity index (χ2v) is 14.6. The van der Waals surface area contributed by atoms with Crippen LogP contribution in [-0.2, 0) is 5.88 Å². The normalized spacial score (nSPS) is 21.0. The fourth-order valence-electron chi connectivity index (χ4n) is 5.44. The van der Waals surface area contributed by atoms with Crippen molar-refractivity contribution in [2.24, 2.45) is 0 Å². The maximum atomic E-state index is 6.09. The molecule has 0 radical (unpaired) electrons. The van der Waals surface area contributed by atoms with Gasteiger partial charge in [-0.1, -0.05) is 43.4 Å². The lowest BCUT2D eigenvalue weighted by Crippen LogP contribution is -2.50. The van der Waals surface area contributed by atoms with Crippen LogP contribution in [0.4, 0.5) is 5.69 Å². The van der Waals surface area contributed by atoms with E-state index in [0.717, 1.165) is 0 Å². The Bertz CT molecular complexity index is 1220. The van der Waals surface area contributed by atoms with E-state index < -0.39 is 8.07 Å². The lowest BCUT2D eigenvalue weighted by molar-refractivity contribution is -0.582. The highest BCUT2D eigenvalue weighted by molar-refractivity contribution is 6.98. The van der Waals surface area contributed by atoms with E-state index in [1.807, 2.05) is 0 Å². The first-order chi connectivity index (χ1) is 15.6. The summed E-state index contributed by atoms with van der Waals surface area (Å²) in [6, 6.07) is 16.1. The minimum absolute atomic E-state index is 0.557. The number of hydrogen-bond donors (Lipinski definition) is 0. The molecule has 2 nitrogen and oxygen atoms in total. The summed E-state index contributed by atoms with van der Waals surface area (Å²) in [5.74, 6) is 0.557. The highest BCUT2D eigenvalue weighted by Crippen LogP contribution is 2.42. The summed E-state index contributed by atoms with van der Waals surface area (Å²) in [6.07, 6.45) is 9.88. The van der Waals surface area contributed by atoms with E-state index >= 15 is 0 Å². The van der Waals surface area contributed by atoms with Gasteiger partial charge in [0.05, 0.1) is 6.42 Å². The molecular weight excluding hydrogens is 428 g/mol. The Morgan fingerprint density at radius 2 is 1.75 bits per heavy atom. The summed E-state index contributed by atoms with van der Waals surface area (Å²) < 4.78 is 2.52. The molecule has 0 saturated carbocycles. The van der Waals surface area contributed by atoms with Crippen LogP contribution in [-0.4, -0.2) is 44.5 Å². The van der Waals surface area contributed by atoms with Crippen LogP contribution in [0.15, 0.2) is 71.5 Å². The van der Waals surface area contributed by atoms with Crippen molar-refractivity contribution >= 4 is 41.8 Å². The van der Waals surface area contributed by atoms with Crippen molar-refractivity contribution in [3.05, 3.63) is 88.2 Å². The van der Waals surface area contributed by atoms with Crippen molar-refractivity contribution in [2.45, 2.75) is 31.8 Å². The smallest absolute Gasteiger partial charge is 0.199 e. The SMILES string of the molecule is C[Si]1(C)C2=CC(=[N+]3CCC3)C=CC2=C(c2ccc(CCl)cc2)c2ccc(N3CCC3)cc21. The number of allylic oxidation sites excluding steroid dienone is 5. The number of anilines is 1. The van der Waals surface area contributed by atoms with E-state index in [-0.39, 0.29) is 0 Å². The summed E-state index contributed by atoms with van der Waals surface area (Å²) in [5.41, 5.74) is 9.49. The first kappa shape index (κ1) is 20.3. The average molecular weight is 458 g/mol.